The summed E-state index contributed by atoms with van der Waals surface area (Å²) < 4.78 is 0. The summed E-state index contributed by atoms with van der Waals surface area (Å²) in [6.07, 6.45) is 1.89. The molecule has 0 aliphatic rings. The van der Waals surface area contributed by atoms with Crippen molar-refractivity contribution in [2.75, 3.05) is 5.01 Å². The summed E-state index contributed by atoms with van der Waals surface area (Å²) in [6, 6.07) is 30.5. The summed E-state index contributed by atoms with van der Waals surface area (Å²) in [6.45, 7) is 0. The summed E-state index contributed by atoms with van der Waals surface area (Å²) in [5.74, 6) is 0. The Balaban J connectivity index is 1.51. The maximum atomic E-state index is 4.89. The topological polar surface area (TPSA) is 73.0 Å². The van der Waals surface area contributed by atoms with E-state index in [-0.39, 0.29) is 0 Å². The van der Waals surface area contributed by atoms with Gasteiger partial charge in [-0.2, -0.15) is 20.5 Å². The standard InChI is InChI=1S/C25H18N6/c1-2-9-18(10-3-1)31(23-15-7-14-22-25(23)29-30-28-22)26-16-17-8-6-12-20-19-11-4-5-13-21(19)27-24(17)20/h1-16,27H,(H,28,29,30)/b26-16+. The van der Waals surface area contributed by atoms with Crippen LogP contribution in [0.2, 0.25) is 0 Å². The summed E-state index contributed by atoms with van der Waals surface area (Å²) in [4.78, 5) is 3.54. The van der Waals surface area contributed by atoms with Crippen LogP contribution in [0.5, 0.6) is 0 Å². The third kappa shape index (κ3) is 2.93. The number of aromatic amines is 2. The highest BCUT2D eigenvalue weighted by Crippen LogP contribution is 2.31. The van der Waals surface area contributed by atoms with Crippen molar-refractivity contribution in [2.45, 2.75) is 0 Å². The predicted octanol–water partition coefficient (Wildman–Crippen LogP) is 5.76. The number of anilines is 2. The molecule has 31 heavy (non-hydrogen) atoms. The molecular weight excluding hydrogens is 384 g/mol. The molecule has 148 valence electrons. The van der Waals surface area contributed by atoms with E-state index in [0.717, 1.165) is 39.0 Å². The van der Waals surface area contributed by atoms with Gasteiger partial charge in [-0.15, -0.1) is 0 Å². The van der Waals surface area contributed by atoms with Crippen molar-refractivity contribution in [3.05, 3.63) is 96.6 Å². The maximum absolute atomic E-state index is 4.89. The van der Waals surface area contributed by atoms with E-state index >= 15 is 0 Å². The molecule has 0 saturated carbocycles. The first-order chi connectivity index (χ1) is 15.4. The number of H-pyrrole nitrogens is 2. The minimum Gasteiger partial charge on any atom is -0.354 e. The van der Waals surface area contributed by atoms with Gasteiger partial charge < -0.3 is 4.98 Å². The number of rotatable bonds is 4. The van der Waals surface area contributed by atoms with E-state index in [9.17, 15) is 0 Å². The lowest BCUT2D eigenvalue weighted by atomic mass is 10.1. The van der Waals surface area contributed by atoms with E-state index < -0.39 is 0 Å². The average Bonchev–Trinajstić information content (AvgIpc) is 3.45. The molecule has 0 radical (unpaired) electrons. The fourth-order valence-electron chi connectivity index (χ4n) is 3.98. The van der Waals surface area contributed by atoms with Crippen LogP contribution in [0.4, 0.5) is 11.4 Å². The van der Waals surface area contributed by atoms with Crippen LogP contribution in [0.1, 0.15) is 5.56 Å². The van der Waals surface area contributed by atoms with Crippen molar-refractivity contribution in [1.29, 1.82) is 0 Å². The van der Waals surface area contributed by atoms with Gasteiger partial charge in [0.1, 0.15) is 11.0 Å². The van der Waals surface area contributed by atoms with E-state index in [2.05, 4.69) is 56.8 Å². The number of para-hydroxylation sites is 4. The molecule has 2 N–H and O–H groups in total. The molecule has 4 aromatic carbocycles. The SMILES string of the molecule is C(=N\N(c1ccccc1)c1cccc2n[nH]nc12)/c1cccc2c1[nH]c1ccccc12. The second-order valence-corrected chi connectivity index (χ2v) is 7.30. The Kier molecular flexibility index (Phi) is 3.99. The molecular formula is C25H18N6. The minimum absolute atomic E-state index is 0.771. The fourth-order valence-corrected chi connectivity index (χ4v) is 3.98. The molecule has 6 rings (SSSR count). The molecule has 0 amide bonds. The summed E-state index contributed by atoms with van der Waals surface area (Å²) in [5, 5.41) is 20.5. The Labute approximate surface area is 177 Å². The van der Waals surface area contributed by atoms with Gasteiger partial charge >= 0.3 is 0 Å². The van der Waals surface area contributed by atoms with Gasteiger partial charge in [0.2, 0.25) is 0 Å². The average molecular weight is 402 g/mol. The molecule has 6 aromatic rings. The Bertz CT molecular complexity index is 1540. The first kappa shape index (κ1) is 17.4. The zero-order chi connectivity index (χ0) is 20.6. The van der Waals surface area contributed by atoms with Crippen molar-refractivity contribution in [3.63, 3.8) is 0 Å². The molecule has 0 unspecified atom stereocenters. The molecule has 6 nitrogen and oxygen atoms in total. The van der Waals surface area contributed by atoms with E-state index in [0.29, 0.717) is 0 Å². The lowest BCUT2D eigenvalue weighted by Gasteiger charge is -2.19. The van der Waals surface area contributed by atoms with Gasteiger partial charge in [-0.1, -0.05) is 60.7 Å². The lowest BCUT2D eigenvalue weighted by Crippen LogP contribution is -2.10. The van der Waals surface area contributed by atoms with Gasteiger partial charge in [0.05, 0.1) is 23.1 Å². The number of aromatic nitrogens is 4. The number of benzene rings is 4. The zero-order valence-electron chi connectivity index (χ0n) is 16.5. The molecule has 0 aliphatic carbocycles. The van der Waals surface area contributed by atoms with E-state index in [1.165, 1.54) is 10.8 Å². The largest absolute Gasteiger partial charge is 0.354 e. The van der Waals surface area contributed by atoms with Gasteiger partial charge in [0.25, 0.3) is 0 Å². The first-order valence-electron chi connectivity index (χ1n) is 10.1. The first-order valence-corrected chi connectivity index (χ1v) is 10.1. The molecule has 0 saturated heterocycles. The van der Waals surface area contributed by atoms with Gasteiger partial charge in [-0.25, -0.2) is 5.01 Å². The second kappa shape index (κ2) is 7.11. The van der Waals surface area contributed by atoms with Gasteiger partial charge in [0.15, 0.2) is 0 Å². The van der Waals surface area contributed by atoms with E-state index in [4.69, 9.17) is 5.10 Å². The number of hydrogen-bond acceptors (Lipinski definition) is 4. The van der Waals surface area contributed by atoms with Crippen LogP contribution in [0.25, 0.3) is 32.8 Å². The molecule has 0 bridgehead atoms. The number of fused-ring (bicyclic) bond motifs is 4. The van der Waals surface area contributed by atoms with Crippen LogP contribution in [0.3, 0.4) is 0 Å². The Hall–Kier alpha value is -4.45. The molecule has 0 spiro atoms. The van der Waals surface area contributed by atoms with Gasteiger partial charge in [0, 0.05) is 21.9 Å². The number of nitrogens with zero attached hydrogens (tertiary/aromatic N) is 4. The monoisotopic (exact) mass is 402 g/mol. The van der Waals surface area contributed by atoms with Gasteiger partial charge in [-0.3, -0.25) is 0 Å². The zero-order valence-corrected chi connectivity index (χ0v) is 16.5. The van der Waals surface area contributed by atoms with Crippen molar-refractivity contribution in [3.8, 4) is 0 Å². The highest BCUT2D eigenvalue weighted by atomic mass is 15.5. The van der Waals surface area contributed by atoms with Crippen LogP contribution in [-0.4, -0.2) is 26.6 Å². The van der Waals surface area contributed by atoms with E-state index in [1.54, 1.807) is 0 Å². The molecule has 6 heteroatoms. The van der Waals surface area contributed by atoms with Crippen LogP contribution >= 0.6 is 0 Å². The summed E-state index contributed by atoms with van der Waals surface area (Å²) in [7, 11) is 0. The molecule has 2 heterocycles. The summed E-state index contributed by atoms with van der Waals surface area (Å²) >= 11 is 0. The van der Waals surface area contributed by atoms with Crippen LogP contribution in [0.15, 0.2) is 96.1 Å². The third-order valence-electron chi connectivity index (χ3n) is 5.44. The smallest absolute Gasteiger partial charge is 0.138 e. The van der Waals surface area contributed by atoms with Crippen molar-refractivity contribution in [2.24, 2.45) is 5.10 Å². The van der Waals surface area contributed by atoms with Crippen molar-refractivity contribution in [1.82, 2.24) is 20.4 Å². The van der Waals surface area contributed by atoms with E-state index in [1.807, 2.05) is 65.8 Å². The molecule has 0 fully saturated rings. The highest BCUT2D eigenvalue weighted by molar-refractivity contribution is 6.12. The Morgan fingerprint density at radius 3 is 2.48 bits per heavy atom. The second-order valence-electron chi connectivity index (χ2n) is 7.30. The third-order valence-corrected chi connectivity index (χ3v) is 5.44. The lowest BCUT2D eigenvalue weighted by molar-refractivity contribution is 0.957. The summed E-state index contributed by atoms with van der Waals surface area (Å²) in [5.41, 5.74) is 6.57. The number of nitrogens with one attached hydrogen (secondary N) is 2. The normalized spacial score (nSPS) is 11.7. The molecule has 0 aliphatic heterocycles. The minimum atomic E-state index is 0.771. The van der Waals surface area contributed by atoms with Crippen LogP contribution in [-0.2, 0) is 0 Å². The molecule has 0 atom stereocenters. The van der Waals surface area contributed by atoms with Crippen LogP contribution < -0.4 is 5.01 Å². The predicted molar refractivity (Wildman–Crippen MR) is 126 cm³/mol. The number of hydrogen-bond donors (Lipinski definition) is 2. The number of hydrazone groups is 1. The maximum Gasteiger partial charge on any atom is 0.138 e. The fraction of sp³-hybridized carbons (Fsp3) is 0. The van der Waals surface area contributed by atoms with Crippen molar-refractivity contribution < 1.29 is 0 Å². The van der Waals surface area contributed by atoms with Crippen LogP contribution in [0, 0.1) is 0 Å². The Morgan fingerprint density at radius 1 is 0.742 bits per heavy atom. The van der Waals surface area contributed by atoms with Gasteiger partial charge in [-0.05, 0) is 30.3 Å². The Morgan fingerprint density at radius 2 is 1.55 bits per heavy atom. The quantitative estimate of drug-likeness (QED) is 0.291. The molecule has 2 aromatic heterocycles. The highest BCUT2D eigenvalue weighted by Gasteiger charge is 2.14. The van der Waals surface area contributed by atoms with Crippen molar-refractivity contribution >= 4 is 50.4 Å².